The van der Waals surface area contributed by atoms with Crippen molar-refractivity contribution >= 4 is 49.8 Å². The smallest absolute Gasteiger partial charge is 0.137 e. The fourth-order valence-electron chi connectivity index (χ4n) is 6.02. The average molecular weight is 538 g/mol. The van der Waals surface area contributed by atoms with E-state index in [-0.39, 0.29) is 0 Å². The van der Waals surface area contributed by atoms with E-state index in [1.165, 1.54) is 33.0 Å². The van der Waals surface area contributed by atoms with Gasteiger partial charge in [0.05, 0.1) is 0 Å². The SMILES string of the molecule is c1ccc(N(c2ccc(-c3cccc(-c4cccc5ccccc45)c3)cc2)c2ccc3c(c2)oc2ccccc23)cc1. The van der Waals surface area contributed by atoms with Gasteiger partial charge >= 0.3 is 0 Å². The first-order chi connectivity index (χ1) is 20.8. The van der Waals surface area contributed by atoms with Crippen LogP contribution in [0.15, 0.2) is 168 Å². The molecule has 0 N–H and O–H groups in total. The molecule has 8 rings (SSSR count). The highest BCUT2D eigenvalue weighted by Gasteiger charge is 2.15. The van der Waals surface area contributed by atoms with Gasteiger partial charge in [0, 0.05) is 33.9 Å². The second kappa shape index (κ2) is 10.1. The van der Waals surface area contributed by atoms with Crippen molar-refractivity contribution in [2.45, 2.75) is 0 Å². The predicted octanol–water partition coefficient (Wildman–Crippen LogP) is 11.5. The Labute approximate surface area is 244 Å². The van der Waals surface area contributed by atoms with Crippen LogP contribution in [0.4, 0.5) is 17.1 Å². The lowest BCUT2D eigenvalue weighted by atomic mass is 9.95. The number of furan rings is 1. The summed E-state index contributed by atoms with van der Waals surface area (Å²) in [5.74, 6) is 0. The zero-order valence-electron chi connectivity index (χ0n) is 22.9. The standard InChI is InChI=1S/C40H27NO/c1-2-14-32(15-3-1)41(34-24-25-38-37-17-6-7-19-39(37)42-40(38)27-34)33-22-20-28(21-23-33)30-12-8-13-31(26-30)36-18-9-11-29-10-4-5-16-35(29)36/h1-27H. The summed E-state index contributed by atoms with van der Waals surface area (Å²) >= 11 is 0. The molecule has 0 spiro atoms. The molecule has 0 unspecified atom stereocenters. The van der Waals surface area contributed by atoms with E-state index in [0.29, 0.717) is 0 Å². The summed E-state index contributed by atoms with van der Waals surface area (Å²) in [6, 6.07) is 58.0. The van der Waals surface area contributed by atoms with Gasteiger partial charge in [0.2, 0.25) is 0 Å². The van der Waals surface area contributed by atoms with Crippen LogP contribution < -0.4 is 4.90 Å². The van der Waals surface area contributed by atoms with Crippen molar-refractivity contribution in [3.8, 4) is 22.3 Å². The number of nitrogens with zero attached hydrogens (tertiary/aromatic N) is 1. The molecule has 0 atom stereocenters. The molecule has 0 saturated heterocycles. The van der Waals surface area contributed by atoms with Crippen LogP contribution >= 0.6 is 0 Å². The molecule has 2 nitrogen and oxygen atoms in total. The molecule has 42 heavy (non-hydrogen) atoms. The monoisotopic (exact) mass is 537 g/mol. The van der Waals surface area contributed by atoms with Gasteiger partial charge in [-0.1, -0.05) is 109 Å². The highest BCUT2D eigenvalue weighted by Crippen LogP contribution is 2.39. The minimum Gasteiger partial charge on any atom is -0.456 e. The van der Waals surface area contributed by atoms with Crippen molar-refractivity contribution in [2.75, 3.05) is 4.90 Å². The second-order valence-electron chi connectivity index (χ2n) is 10.6. The van der Waals surface area contributed by atoms with Gasteiger partial charge < -0.3 is 9.32 Å². The largest absolute Gasteiger partial charge is 0.456 e. The Morgan fingerprint density at radius 1 is 0.357 bits per heavy atom. The van der Waals surface area contributed by atoms with Crippen LogP contribution in [-0.2, 0) is 0 Å². The number of hydrogen-bond donors (Lipinski definition) is 0. The Bertz CT molecular complexity index is 2190. The Balaban J connectivity index is 1.19. The van der Waals surface area contributed by atoms with E-state index >= 15 is 0 Å². The van der Waals surface area contributed by atoms with Gasteiger partial charge in [-0.05, 0) is 81.6 Å². The van der Waals surface area contributed by atoms with Crippen LogP contribution in [0.1, 0.15) is 0 Å². The molecular weight excluding hydrogens is 510 g/mol. The summed E-state index contributed by atoms with van der Waals surface area (Å²) in [5.41, 5.74) is 9.88. The van der Waals surface area contributed by atoms with Crippen molar-refractivity contribution in [2.24, 2.45) is 0 Å². The molecule has 0 aliphatic rings. The molecule has 1 heterocycles. The summed E-state index contributed by atoms with van der Waals surface area (Å²) in [6.07, 6.45) is 0. The van der Waals surface area contributed by atoms with Gasteiger partial charge in [0.1, 0.15) is 11.2 Å². The summed E-state index contributed by atoms with van der Waals surface area (Å²) in [6.45, 7) is 0. The van der Waals surface area contributed by atoms with Crippen molar-refractivity contribution in [1.82, 2.24) is 0 Å². The molecule has 0 amide bonds. The Morgan fingerprint density at radius 3 is 1.88 bits per heavy atom. The minimum absolute atomic E-state index is 0.886. The van der Waals surface area contributed by atoms with Gasteiger partial charge in [-0.15, -0.1) is 0 Å². The van der Waals surface area contributed by atoms with E-state index < -0.39 is 0 Å². The van der Waals surface area contributed by atoms with E-state index in [1.807, 2.05) is 12.1 Å². The Hall–Kier alpha value is -5.60. The third-order valence-corrected chi connectivity index (χ3v) is 8.06. The molecule has 1 aromatic heterocycles. The average Bonchev–Trinajstić information content (AvgIpc) is 3.43. The van der Waals surface area contributed by atoms with Crippen LogP contribution in [0.3, 0.4) is 0 Å². The summed E-state index contributed by atoms with van der Waals surface area (Å²) in [4.78, 5) is 2.28. The van der Waals surface area contributed by atoms with Gasteiger partial charge in [-0.3, -0.25) is 0 Å². The van der Waals surface area contributed by atoms with E-state index in [9.17, 15) is 0 Å². The molecule has 0 aliphatic heterocycles. The van der Waals surface area contributed by atoms with Gasteiger partial charge in [0.25, 0.3) is 0 Å². The fraction of sp³-hybridized carbons (Fsp3) is 0. The molecule has 0 radical (unpaired) electrons. The lowest BCUT2D eigenvalue weighted by Crippen LogP contribution is -2.09. The van der Waals surface area contributed by atoms with Crippen LogP contribution in [0.2, 0.25) is 0 Å². The molecule has 0 saturated carbocycles. The lowest BCUT2D eigenvalue weighted by molar-refractivity contribution is 0.669. The van der Waals surface area contributed by atoms with E-state index in [1.54, 1.807) is 0 Å². The van der Waals surface area contributed by atoms with E-state index in [4.69, 9.17) is 4.42 Å². The zero-order valence-corrected chi connectivity index (χ0v) is 22.9. The Kier molecular flexibility index (Phi) is 5.82. The molecule has 0 bridgehead atoms. The van der Waals surface area contributed by atoms with Crippen LogP contribution in [0.5, 0.6) is 0 Å². The van der Waals surface area contributed by atoms with Crippen LogP contribution in [0.25, 0.3) is 55.0 Å². The second-order valence-corrected chi connectivity index (χ2v) is 10.6. The summed E-state index contributed by atoms with van der Waals surface area (Å²) in [5, 5.41) is 4.79. The zero-order chi connectivity index (χ0) is 27.9. The van der Waals surface area contributed by atoms with E-state index in [2.05, 4.69) is 157 Å². The van der Waals surface area contributed by atoms with Crippen molar-refractivity contribution in [3.63, 3.8) is 0 Å². The highest BCUT2D eigenvalue weighted by atomic mass is 16.3. The first-order valence-corrected chi connectivity index (χ1v) is 14.3. The fourth-order valence-corrected chi connectivity index (χ4v) is 6.02. The molecule has 7 aromatic carbocycles. The maximum absolute atomic E-state index is 6.24. The molecule has 8 aromatic rings. The normalized spacial score (nSPS) is 11.3. The first kappa shape index (κ1) is 24.2. The van der Waals surface area contributed by atoms with Crippen LogP contribution in [0, 0.1) is 0 Å². The lowest BCUT2D eigenvalue weighted by Gasteiger charge is -2.25. The maximum atomic E-state index is 6.24. The molecule has 0 fully saturated rings. The third-order valence-electron chi connectivity index (χ3n) is 8.06. The number of hydrogen-bond acceptors (Lipinski definition) is 2. The van der Waals surface area contributed by atoms with E-state index in [0.717, 1.165) is 39.0 Å². The molecular formula is C40H27NO. The van der Waals surface area contributed by atoms with Crippen molar-refractivity contribution in [1.29, 1.82) is 0 Å². The molecule has 2 heteroatoms. The third kappa shape index (κ3) is 4.22. The maximum Gasteiger partial charge on any atom is 0.137 e. The topological polar surface area (TPSA) is 16.4 Å². The molecule has 198 valence electrons. The number of benzene rings is 7. The van der Waals surface area contributed by atoms with Gasteiger partial charge in [0.15, 0.2) is 0 Å². The quantitative estimate of drug-likeness (QED) is 0.217. The summed E-state index contributed by atoms with van der Waals surface area (Å²) in [7, 11) is 0. The van der Waals surface area contributed by atoms with Gasteiger partial charge in [-0.25, -0.2) is 0 Å². The molecule has 0 aliphatic carbocycles. The number of anilines is 3. The minimum atomic E-state index is 0.886. The predicted molar refractivity (Wildman–Crippen MR) is 177 cm³/mol. The summed E-state index contributed by atoms with van der Waals surface area (Å²) < 4.78 is 6.24. The van der Waals surface area contributed by atoms with Crippen molar-refractivity contribution in [3.05, 3.63) is 164 Å². The number of rotatable bonds is 5. The Morgan fingerprint density at radius 2 is 1.00 bits per heavy atom. The first-order valence-electron chi connectivity index (χ1n) is 14.3. The van der Waals surface area contributed by atoms with Crippen molar-refractivity contribution < 1.29 is 4.42 Å². The number of para-hydroxylation sites is 2. The number of fused-ring (bicyclic) bond motifs is 4. The highest BCUT2D eigenvalue weighted by molar-refractivity contribution is 6.06. The van der Waals surface area contributed by atoms with Crippen LogP contribution in [-0.4, -0.2) is 0 Å². The van der Waals surface area contributed by atoms with Gasteiger partial charge in [-0.2, -0.15) is 0 Å².